The smallest absolute Gasteiger partial charge is 0.414 e. The van der Waals surface area contributed by atoms with E-state index in [0.717, 1.165) is 11.6 Å². The van der Waals surface area contributed by atoms with Crippen LogP contribution in [-0.4, -0.2) is 57.6 Å². The lowest BCUT2D eigenvalue weighted by Crippen LogP contribution is -2.46. The molecule has 0 bridgehead atoms. The first-order valence-electron chi connectivity index (χ1n) is 11.2. The topological polar surface area (TPSA) is 77.5 Å². The summed E-state index contributed by atoms with van der Waals surface area (Å²) in [6.07, 6.45) is -0.643. The molecule has 0 radical (unpaired) electrons. The Kier molecular flexibility index (Phi) is 8.37. The molecule has 0 aliphatic carbocycles. The van der Waals surface area contributed by atoms with Crippen LogP contribution in [0.15, 0.2) is 30.3 Å². The van der Waals surface area contributed by atoms with Gasteiger partial charge in [0.2, 0.25) is 0 Å². The van der Waals surface area contributed by atoms with Crippen LogP contribution in [0.1, 0.15) is 37.3 Å². The van der Waals surface area contributed by atoms with E-state index in [-0.39, 0.29) is 37.2 Å². The summed E-state index contributed by atoms with van der Waals surface area (Å²) in [7, 11) is 4.25. The Morgan fingerprint density at radius 1 is 1.03 bits per heavy atom. The van der Waals surface area contributed by atoms with Gasteiger partial charge in [-0.1, -0.05) is 0 Å². The Labute approximate surface area is 203 Å². The van der Waals surface area contributed by atoms with E-state index in [4.69, 9.17) is 18.9 Å². The fourth-order valence-corrected chi connectivity index (χ4v) is 4.47. The van der Waals surface area contributed by atoms with Crippen LogP contribution < -0.4 is 14.4 Å². The number of fused-ring (bicyclic) bond motifs is 1. The molecule has 3 rings (SSSR count). The van der Waals surface area contributed by atoms with Crippen molar-refractivity contribution in [3.63, 3.8) is 0 Å². The highest BCUT2D eigenvalue weighted by atomic mass is 19.1. The molecular formula is C25H30F2N2O6. The number of halogens is 2. The minimum Gasteiger partial charge on any atom is -0.493 e. The molecule has 2 atom stereocenters. The molecule has 0 spiro atoms. The molecular weight excluding hydrogens is 462 g/mol. The molecule has 0 saturated carbocycles. The summed E-state index contributed by atoms with van der Waals surface area (Å²) in [6, 6.07) is 6.33. The predicted octanol–water partition coefficient (Wildman–Crippen LogP) is 5.09. The van der Waals surface area contributed by atoms with Crippen molar-refractivity contribution in [2.75, 3.05) is 39.4 Å². The molecule has 1 aliphatic rings. The Morgan fingerprint density at radius 3 is 2.23 bits per heavy atom. The van der Waals surface area contributed by atoms with Gasteiger partial charge >= 0.3 is 12.2 Å². The highest BCUT2D eigenvalue weighted by Gasteiger charge is 2.37. The number of nitrogens with zero attached hydrogens (tertiary/aromatic N) is 2. The van der Waals surface area contributed by atoms with Gasteiger partial charge in [0.05, 0.1) is 33.6 Å². The van der Waals surface area contributed by atoms with E-state index in [0.29, 0.717) is 23.6 Å². The molecule has 2 aromatic carbocycles. The number of carbonyl (C=O) groups excluding carboxylic acids is 2. The van der Waals surface area contributed by atoms with E-state index in [2.05, 4.69) is 0 Å². The molecule has 10 heteroatoms. The first kappa shape index (κ1) is 26.1. The minimum absolute atomic E-state index is 0.0591. The van der Waals surface area contributed by atoms with E-state index in [1.807, 2.05) is 6.92 Å². The summed E-state index contributed by atoms with van der Waals surface area (Å²) in [4.78, 5) is 28.3. The van der Waals surface area contributed by atoms with Gasteiger partial charge in [-0.2, -0.15) is 0 Å². The summed E-state index contributed by atoms with van der Waals surface area (Å²) >= 11 is 0. The van der Waals surface area contributed by atoms with E-state index in [1.54, 1.807) is 24.0 Å². The van der Waals surface area contributed by atoms with E-state index >= 15 is 0 Å². The van der Waals surface area contributed by atoms with E-state index in [1.165, 1.54) is 38.4 Å². The fourth-order valence-electron chi connectivity index (χ4n) is 4.47. The number of carbonyl (C=O) groups is 2. The predicted molar refractivity (Wildman–Crippen MR) is 125 cm³/mol. The average Bonchev–Trinajstić information content (AvgIpc) is 2.81. The molecule has 0 N–H and O–H groups in total. The summed E-state index contributed by atoms with van der Waals surface area (Å²) in [5.41, 5.74) is 1.61. The minimum atomic E-state index is -0.733. The Hall–Kier alpha value is -3.56. The van der Waals surface area contributed by atoms with Crippen LogP contribution in [0.25, 0.3) is 0 Å². The number of ether oxygens (including phenoxy) is 4. The molecule has 190 valence electrons. The Bertz CT molecular complexity index is 1060. The molecule has 1 heterocycles. The third-order valence-corrected chi connectivity index (χ3v) is 5.93. The van der Waals surface area contributed by atoms with Gasteiger partial charge < -0.3 is 23.8 Å². The molecule has 0 fully saturated rings. The van der Waals surface area contributed by atoms with Crippen molar-refractivity contribution >= 4 is 17.9 Å². The highest BCUT2D eigenvalue weighted by molar-refractivity contribution is 5.91. The third kappa shape index (κ3) is 5.75. The van der Waals surface area contributed by atoms with Crippen LogP contribution in [0, 0.1) is 11.6 Å². The molecule has 2 amide bonds. The third-order valence-electron chi connectivity index (χ3n) is 5.93. The van der Waals surface area contributed by atoms with Crippen molar-refractivity contribution in [1.29, 1.82) is 0 Å². The van der Waals surface area contributed by atoms with Gasteiger partial charge in [-0.25, -0.2) is 18.4 Å². The van der Waals surface area contributed by atoms with Crippen molar-refractivity contribution in [3.8, 4) is 11.5 Å². The van der Waals surface area contributed by atoms with Gasteiger partial charge in [0.25, 0.3) is 0 Å². The Morgan fingerprint density at radius 2 is 1.66 bits per heavy atom. The van der Waals surface area contributed by atoms with Crippen molar-refractivity contribution in [1.82, 2.24) is 4.90 Å². The van der Waals surface area contributed by atoms with Crippen LogP contribution in [-0.2, 0) is 16.0 Å². The number of anilines is 1. The summed E-state index contributed by atoms with van der Waals surface area (Å²) in [5, 5.41) is 0. The fraction of sp³-hybridized carbons (Fsp3) is 0.440. The largest absolute Gasteiger partial charge is 0.493 e. The summed E-state index contributed by atoms with van der Waals surface area (Å²) in [6.45, 7) is 3.95. The van der Waals surface area contributed by atoms with Gasteiger partial charge in [0, 0.05) is 37.2 Å². The first-order valence-corrected chi connectivity index (χ1v) is 11.2. The number of amides is 2. The van der Waals surface area contributed by atoms with Gasteiger partial charge in [-0.3, -0.25) is 4.90 Å². The van der Waals surface area contributed by atoms with Crippen molar-refractivity contribution in [2.45, 2.75) is 38.8 Å². The van der Waals surface area contributed by atoms with Crippen LogP contribution in [0.5, 0.6) is 11.5 Å². The molecule has 1 aliphatic heterocycles. The number of rotatable bonds is 7. The van der Waals surface area contributed by atoms with Crippen LogP contribution in [0.2, 0.25) is 0 Å². The lowest BCUT2D eigenvalue weighted by atomic mass is 9.85. The van der Waals surface area contributed by atoms with Crippen molar-refractivity contribution in [3.05, 3.63) is 53.1 Å². The van der Waals surface area contributed by atoms with E-state index < -0.39 is 23.8 Å². The normalized spacial score (nSPS) is 16.8. The number of hydrogen-bond acceptors (Lipinski definition) is 6. The molecule has 35 heavy (non-hydrogen) atoms. The van der Waals surface area contributed by atoms with Gasteiger partial charge in [0.15, 0.2) is 11.5 Å². The monoisotopic (exact) mass is 492 g/mol. The maximum atomic E-state index is 13.8. The summed E-state index contributed by atoms with van der Waals surface area (Å²) < 4.78 is 48.6. The number of hydrogen-bond donors (Lipinski definition) is 0. The molecule has 2 unspecified atom stereocenters. The molecule has 8 nitrogen and oxygen atoms in total. The maximum absolute atomic E-state index is 13.8. The van der Waals surface area contributed by atoms with Gasteiger partial charge in [-0.05, 0) is 49.6 Å². The molecule has 0 saturated heterocycles. The van der Waals surface area contributed by atoms with Crippen LogP contribution in [0.4, 0.5) is 24.1 Å². The quantitative estimate of drug-likeness (QED) is 0.536. The lowest BCUT2D eigenvalue weighted by molar-refractivity contribution is 0.116. The number of methoxy groups -OCH3 is 3. The van der Waals surface area contributed by atoms with Crippen LogP contribution in [0.3, 0.4) is 0 Å². The second-order valence-electron chi connectivity index (χ2n) is 8.24. The van der Waals surface area contributed by atoms with Crippen molar-refractivity contribution in [2.24, 2.45) is 0 Å². The molecule has 0 aromatic heterocycles. The zero-order valence-corrected chi connectivity index (χ0v) is 20.5. The highest BCUT2D eigenvalue weighted by Crippen LogP contribution is 2.45. The molecule has 2 aromatic rings. The SMILES string of the molecule is CCOC(=O)N1c2cc(OC)c(OC)cc2C(CN(Cc2cc(F)cc(F)c2)C(=O)OC)CC1C. The first-order chi connectivity index (χ1) is 16.7. The van der Waals surface area contributed by atoms with Gasteiger partial charge in [-0.15, -0.1) is 0 Å². The second-order valence-corrected chi connectivity index (χ2v) is 8.24. The zero-order valence-electron chi connectivity index (χ0n) is 20.5. The Balaban J connectivity index is 2.02. The van der Waals surface area contributed by atoms with Crippen molar-refractivity contribution < 1.29 is 37.3 Å². The van der Waals surface area contributed by atoms with E-state index in [9.17, 15) is 18.4 Å². The number of benzene rings is 2. The standard InChI is InChI=1S/C25H30F2N2O6/c1-6-35-25(31)29-15(2)7-17(20-11-22(32-3)23(33-4)12-21(20)29)14-28(24(30)34-5)13-16-8-18(26)10-19(27)9-16/h8-12,15,17H,6-7,13-14H2,1-5H3. The lowest BCUT2D eigenvalue weighted by Gasteiger charge is -2.40. The average molecular weight is 493 g/mol. The summed E-state index contributed by atoms with van der Waals surface area (Å²) in [5.74, 6) is -0.811. The van der Waals surface area contributed by atoms with Gasteiger partial charge in [0.1, 0.15) is 11.6 Å². The zero-order chi connectivity index (χ0) is 25.7. The van der Waals surface area contributed by atoms with Crippen LogP contribution >= 0.6 is 0 Å². The maximum Gasteiger partial charge on any atom is 0.414 e. The second kappa shape index (κ2) is 11.2.